The SMILES string of the molecule is C=NNC(CCCCc1ccc(Cc2c(-c3ccc(CCCN4CCCC4)cc3)sc3ccccc23)cc1)=NC. The zero-order valence-corrected chi connectivity index (χ0v) is 24.7. The summed E-state index contributed by atoms with van der Waals surface area (Å²) in [6.45, 7) is 7.30. The molecule has 1 saturated heterocycles. The molecule has 5 rings (SSSR count). The Kier molecular flexibility index (Phi) is 10.2. The fraction of sp³-hybridized carbons (Fsp3) is 0.371. The summed E-state index contributed by atoms with van der Waals surface area (Å²) in [6.07, 6.45) is 10.3. The first-order valence-electron chi connectivity index (χ1n) is 14.8. The fourth-order valence-corrected chi connectivity index (χ4v) is 7.03. The van der Waals surface area contributed by atoms with E-state index < -0.39 is 0 Å². The lowest BCUT2D eigenvalue weighted by Gasteiger charge is -2.14. The van der Waals surface area contributed by atoms with Crippen molar-refractivity contribution < 1.29 is 0 Å². The van der Waals surface area contributed by atoms with Crippen LogP contribution in [0.15, 0.2) is 82.9 Å². The van der Waals surface area contributed by atoms with Gasteiger partial charge in [-0.05, 0) is 110 Å². The van der Waals surface area contributed by atoms with Crippen LogP contribution in [0.25, 0.3) is 20.5 Å². The van der Waals surface area contributed by atoms with Crippen LogP contribution in [0.2, 0.25) is 0 Å². The number of likely N-dealkylation sites (tertiary alicyclic amines) is 1. The number of thiophene rings is 1. The molecule has 1 fully saturated rings. The summed E-state index contributed by atoms with van der Waals surface area (Å²) in [7, 11) is 1.79. The molecule has 0 saturated carbocycles. The maximum atomic E-state index is 4.22. The second kappa shape index (κ2) is 14.4. The van der Waals surface area contributed by atoms with Crippen molar-refractivity contribution in [3.8, 4) is 10.4 Å². The number of aryl methyl sites for hydroxylation is 2. The normalized spacial score (nSPS) is 14.2. The highest BCUT2D eigenvalue weighted by molar-refractivity contribution is 7.22. The predicted molar refractivity (Wildman–Crippen MR) is 174 cm³/mol. The number of aliphatic imine (C=N–C) groups is 1. The summed E-state index contributed by atoms with van der Waals surface area (Å²) in [5, 5.41) is 5.11. The molecule has 4 aromatic rings. The van der Waals surface area contributed by atoms with Gasteiger partial charge in [0, 0.05) is 29.8 Å². The lowest BCUT2D eigenvalue weighted by atomic mass is 9.97. The van der Waals surface area contributed by atoms with Crippen LogP contribution in [0.3, 0.4) is 0 Å². The molecule has 208 valence electrons. The molecule has 1 aliphatic rings. The van der Waals surface area contributed by atoms with Gasteiger partial charge in [-0.25, -0.2) is 0 Å². The number of fused-ring (bicyclic) bond motifs is 1. The average molecular weight is 551 g/mol. The largest absolute Gasteiger partial charge is 0.303 e. The van der Waals surface area contributed by atoms with E-state index in [1.54, 1.807) is 7.05 Å². The average Bonchev–Trinajstić information content (AvgIpc) is 3.64. The van der Waals surface area contributed by atoms with Gasteiger partial charge in [0.15, 0.2) is 0 Å². The van der Waals surface area contributed by atoms with Gasteiger partial charge in [-0.3, -0.25) is 10.4 Å². The minimum atomic E-state index is 0.899. The molecule has 40 heavy (non-hydrogen) atoms. The third kappa shape index (κ3) is 7.47. The van der Waals surface area contributed by atoms with Crippen LogP contribution in [0, 0.1) is 0 Å². The lowest BCUT2D eigenvalue weighted by Crippen LogP contribution is -2.20. The van der Waals surface area contributed by atoms with Crippen LogP contribution >= 0.6 is 11.3 Å². The summed E-state index contributed by atoms with van der Waals surface area (Å²) in [6, 6.07) is 27.5. The number of nitrogens with zero attached hydrogens (tertiary/aromatic N) is 3. The van der Waals surface area contributed by atoms with E-state index in [0.29, 0.717) is 0 Å². The van der Waals surface area contributed by atoms with Gasteiger partial charge in [0.1, 0.15) is 5.84 Å². The number of hydrazone groups is 1. The van der Waals surface area contributed by atoms with Crippen molar-refractivity contribution in [2.45, 2.75) is 57.8 Å². The first-order valence-corrected chi connectivity index (χ1v) is 15.6. The number of hydrogen-bond donors (Lipinski definition) is 1. The molecule has 0 bridgehead atoms. The quantitative estimate of drug-likeness (QED) is 0.0790. The molecule has 0 radical (unpaired) electrons. The lowest BCUT2D eigenvalue weighted by molar-refractivity contribution is 0.334. The Labute approximate surface area is 243 Å². The highest BCUT2D eigenvalue weighted by Gasteiger charge is 2.15. The standard InChI is InChI=1S/C35H42N4S/c1-36-34(38-37-2)14-6-3-10-27-15-17-29(18-16-27)26-32-31-12-4-5-13-33(31)40-35(32)30-21-19-28(20-22-30)11-9-25-39-23-7-8-24-39/h4-5,12-13,15-22H,2-3,6-11,14,23-26H2,1H3,(H,36,38). The van der Waals surface area contributed by atoms with Gasteiger partial charge in [-0.2, -0.15) is 5.10 Å². The molecule has 2 heterocycles. The molecule has 0 amide bonds. The summed E-state index contributed by atoms with van der Waals surface area (Å²) in [5.41, 5.74) is 9.87. The molecule has 1 aliphatic heterocycles. The van der Waals surface area contributed by atoms with Gasteiger partial charge >= 0.3 is 0 Å². The Hall–Kier alpha value is -3.28. The highest BCUT2D eigenvalue weighted by Crippen LogP contribution is 2.40. The van der Waals surface area contributed by atoms with Gasteiger partial charge in [-0.1, -0.05) is 66.7 Å². The van der Waals surface area contributed by atoms with Gasteiger partial charge in [-0.15, -0.1) is 11.3 Å². The van der Waals surface area contributed by atoms with Crippen molar-refractivity contribution >= 4 is 34.0 Å². The molecule has 4 nitrogen and oxygen atoms in total. The number of hydrogen-bond acceptors (Lipinski definition) is 4. The second-order valence-corrected chi connectivity index (χ2v) is 11.9. The van der Waals surface area contributed by atoms with Crippen LogP contribution in [-0.4, -0.2) is 44.1 Å². The summed E-state index contributed by atoms with van der Waals surface area (Å²) < 4.78 is 1.37. The Balaban J connectivity index is 1.23. The Bertz CT molecular complexity index is 1400. The molecule has 3 aromatic carbocycles. The van der Waals surface area contributed by atoms with Gasteiger partial charge in [0.05, 0.1) is 0 Å². The Morgan fingerprint density at radius 1 is 0.850 bits per heavy atom. The smallest absolute Gasteiger partial charge is 0.116 e. The Morgan fingerprint density at radius 2 is 1.52 bits per heavy atom. The molecule has 0 spiro atoms. The molecule has 1 aromatic heterocycles. The molecule has 0 aliphatic carbocycles. The van der Waals surface area contributed by atoms with E-state index in [0.717, 1.165) is 37.9 Å². The van der Waals surface area contributed by atoms with Crippen LogP contribution in [-0.2, 0) is 19.3 Å². The number of amidine groups is 1. The number of rotatable bonds is 13. The molecular weight excluding hydrogens is 508 g/mol. The van der Waals surface area contributed by atoms with Crippen molar-refractivity contribution in [1.82, 2.24) is 10.3 Å². The molecule has 0 unspecified atom stereocenters. The minimum absolute atomic E-state index is 0.899. The van der Waals surface area contributed by atoms with Crippen molar-refractivity contribution in [2.24, 2.45) is 10.1 Å². The van der Waals surface area contributed by atoms with Crippen LogP contribution in [0.5, 0.6) is 0 Å². The van der Waals surface area contributed by atoms with Gasteiger partial charge < -0.3 is 4.90 Å². The van der Waals surface area contributed by atoms with E-state index >= 15 is 0 Å². The predicted octanol–water partition coefficient (Wildman–Crippen LogP) is 8.13. The topological polar surface area (TPSA) is 40.0 Å². The van der Waals surface area contributed by atoms with E-state index in [2.05, 4.69) is 99.9 Å². The maximum Gasteiger partial charge on any atom is 0.116 e. The van der Waals surface area contributed by atoms with Crippen LogP contribution < -0.4 is 5.43 Å². The summed E-state index contributed by atoms with van der Waals surface area (Å²) in [5.74, 6) is 0.899. The van der Waals surface area contributed by atoms with E-state index in [9.17, 15) is 0 Å². The first-order chi connectivity index (χ1) is 19.7. The molecule has 1 N–H and O–H groups in total. The van der Waals surface area contributed by atoms with E-state index in [4.69, 9.17) is 0 Å². The van der Waals surface area contributed by atoms with Crippen molar-refractivity contribution in [1.29, 1.82) is 0 Å². The number of nitrogens with one attached hydrogen (secondary N) is 1. The maximum absolute atomic E-state index is 4.22. The van der Waals surface area contributed by atoms with E-state index in [1.165, 1.54) is 88.1 Å². The summed E-state index contributed by atoms with van der Waals surface area (Å²) >= 11 is 1.93. The van der Waals surface area contributed by atoms with Crippen molar-refractivity contribution in [2.75, 3.05) is 26.7 Å². The molecule has 5 heteroatoms. The Morgan fingerprint density at radius 3 is 2.25 bits per heavy atom. The third-order valence-corrected chi connectivity index (χ3v) is 9.33. The zero-order chi connectivity index (χ0) is 27.6. The summed E-state index contributed by atoms with van der Waals surface area (Å²) in [4.78, 5) is 8.24. The van der Waals surface area contributed by atoms with Crippen LogP contribution in [0.1, 0.15) is 60.8 Å². The number of benzene rings is 3. The van der Waals surface area contributed by atoms with Crippen molar-refractivity contribution in [3.05, 3.63) is 95.1 Å². The zero-order valence-electron chi connectivity index (χ0n) is 23.9. The minimum Gasteiger partial charge on any atom is -0.303 e. The first kappa shape index (κ1) is 28.3. The highest BCUT2D eigenvalue weighted by atomic mass is 32.1. The van der Waals surface area contributed by atoms with E-state index in [-0.39, 0.29) is 0 Å². The van der Waals surface area contributed by atoms with Crippen molar-refractivity contribution in [3.63, 3.8) is 0 Å². The molecule has 0 atom stereocenters. The van der Waals surface area contributed by atoms with E-state index in [1.807, 2.05) is 11.3 Å². The number of unbranched alkanes of at least 4 members (excludes halogenated alkanes) is 1. The second-order valence-electron chi connectivity index (χ2n) is 10.9. The van der Waals surface area contributed by atoms with Crippen LogP contribution in [0.4, 0.5) is 0 Å². The van der Waals surface area contributed by atoms with Gasteiger partial charge in [0.2, 0.25) is 0 Å². The van der Waals surface area contributed by atoms with Gasteiger partial charge in [0.25, 0.3) is 0 Å². The molecular formula is C35H42N4S. The monoisotopic (exact) mass is 550 g/mol. The third-order valence-electron chi connectivity index (χ3n) is 8.06. The fourth-order valence-electron chi connectivity index (χ4n) is 5.80.